The van der Waals surface area contributed by atoms with Gasteiger partial charge >= 0.3 is 6.18 Å². The van der Waals surface area contributed by atoms with E-state index in [1.54, 1.807) is 0 Å². The number of likely N-dealkylation sites (N-methyl/N-ethyl adjacent to an activating group) is 1. The van der Waals surface area contributed by atoms with Crippen molar-refractivity contribution in [2.24, 2.45) is 0 Å². The number of hydrogen-bond acceptors (Lipinski definition) is 4. The van der Waals surface area contributed by atoms with Gasteiger partial charge in [-0.25, -0.2) is 0 Å². The highest BCUT2D eigenvalue weighted by Gasteiger charge is 2.36. The molecule has 0 aromatic carbocycles. The summed E-state index contributed by atoms with van der Waals surface area (Å²) in [6.07, 6.45) is -4.26. The first-order valence-electron chi connectivity index (χ1n) is 5.25. The number of aliphatic hydroxyl groups is 1. The zero-order valence-electron chi connectivity index (χ0n) is 9.79. The Morgan fingerprint density at radius 2 is 2.11 bits per heavy atom. The molecule has 1 fully saturated rings. The van der Waals surface area contributed by atoms with Gasteiger partial charge in [0.25, 0.3) is 10.2 Å². The molecule has 1 aliphatic heterocycles. The van der Waals surface area contributed by atoms with Gasteiger partial charge in [-0.15, -0.1) is 0 Å². The quantitative estimate of drug-likeness (QED) is 0.609. The highest BCUT2D eigenvalue weighted by atomic mass is 32.2. The second-order valence-electron chi connectivity index (χ2n) is 4.35. The van der Waals surface area contributed by atoms with Crippen molar-refractivity contribution in [3.05, 3.63) is 0 Å². The lowest BCUT2D eigenvalue weighted by atomic mass is 10.0. The molecule has 0 spiro atoms. The first-order chi connectivity index (χ1) is 8.04. The smallest absolute Gasteiger partial charge is 0.387 e. The minimum absolute atomic E-state index is 0.214. The summed E-state index contributed by atoms with van der Waals surface area (Å²) in [4.78, 5) is 0. The van der Waals surface area contributed by atoms with Crippen LogP contribution in [0.3, 0.4) is 0 Å². The number of nitrogens with zero attached hydrogens (tertiary/aromatic N) is 1. The Balaban J connectivity index is 2.56. The number of halogens is 3. The van der Waals surface area contributed by atoms with E-state index in [1.807, 2.05) is 0 Å². The molecule has 108 valence electrons. The van der Waals surface area contributed by atoms with E-state index in [0.717, 1.165) is 7.05 Å². The average Bonchev–Trinajstić information content (AvgIpc) is 2.61. The molecular weight excluding hydrogens is 275 g/mol. The van der Waals surface area contributed by atoms with Gasteiger partial charge in [0.1, 0.15) is 6.54 Å². The molecule has 0 amide bonds. The Labute approximate surface area is 103 Å². The normalized spacial score (nSPS) is 25.9. The fourth-order valence-corrected chi connectivity index (χ4v) is 2.62. The van der Waals surface area contributed by atoms with E-state index in [-0.39, 0.29) is 13.1 Å². The van der Waals surface area contributed by atoms with E-state index in [0.29, 0.717) is 17.3 Å². The van der Waals surface area contributed by atoms with Crippen molar-refractivity contribution >= 4 is 10.2 Å². The van der Waals surface area contributed by atoms with Gasteiger partial charge < -0.3 is 10.4 Å². The molecule has 1 heterocycles. The Morgan fingerprint density at radius 3 is 2.56 bits per heavy atom. The van der Waals surface area contributed by atoms with E-state index in [1.165, 1.54) is 4.72 Å². The van der Waals surface area contributed by atoms with Crippen molar-refractivity contribution < 1.29 is 26.7 Å². The topological polar surface area (TPSA) is 81.7 Å². The maximum atomic E-state index is 11.9. The van der Waals surface area contributed by atoms with E-state index in [2.05, 4.69) is 5.32 Å². The third kappa shape index (κ3) is 4.69. The predicted octanol–water partition coefficient (Wildman–Crippen LogP) is -0.961. The molecule has 10 heteroatoms. The molecule has 3 N–H and O–H groups in total. The number of hydrogen-bond donors (Lipinski definition) is 3. The number of rotatable bonds is 5. The molecule has 0 radical (unpaired) electrons. The van der Waals surface area contributed by atoms with Gasteiger partial charge in [-0.05, 0) is 13.0 Å². The lowest BCUT2D eigenvalue weighted by Gasteiger charge is -2.27. The van der Waals surface area contributed by atoms with Crippen molar-refractivity contribution in [2.45, 2.75) is 18.2 Å². The molecule has 1 saturated heterocycles. The van der Waals surface area contributed by atoms with Gasteiger partial charge in [0, 0.05) is 20.1 Å². The largest absolute Gasteiger partial charge is 0.402 e. The van der Waals surface area contributed by atoms with Crippen molar-refractivity contribution in [3.8, 4) is 0 Å². The highest BCUT2D eigenvalue weighted by molar-refractivity contribution is 7.87. The SMILES string of the molecule is CN(CC1(O)CCNC1)S(=O)(=O)NCC(F)(F)F. The minimum Gasteiger partial charge on any atom is -0.387 e. The lowest BCUT2D eigenvalue weighted by Crippen LogP contribution is -2.50. The summed E-state index contributed by atoms with van der Waals surface area (Å²) in [5.74, 6) is 0. The van der Waals surface area contributed by atoms with Gasteiger partial charge in [-0.3, -0.25) is 0 Å². The van der Waals surface area contributed by atoms with Crippen LogP contribution in [-0.4, -0.2) is 62.8 Å². The Hall–Kier alpha value is -0.420. The van der Waals surface area contributed by atoms with E-state index in [4.69, 9.17) is 0 Å². The molecule has 1 aliphatic rings. The molecular formula is C8H16F3N3O3S. The predicted molar refractivity (Wildman–Crippen MR) is 58.0 cm³/mol. The van der Waals surface area contributed by atoms with Gasteiger partial charge in [0.2, 0.25) is 0 Å². The molecule has 0 saturated carbocycles. The van der Waals surface area contributed by atoms with Crippen LogP contribution >= 0.6 is 0 Å². The average molecular weight is 291 g/mol. The fraction of sp³-hybridized carbons (Fsp3) is 1.00. The summed E-state index contributed by atoms with van der Waals surface area (Å²) in [7, 11) is -3.12. The van der Waals surface area contributed by atoms with Crippen LogP contribution in [-0.2, 0) is 10.2 Å². The standard InChI is InChI=1S/C8H16F3N3O3S/c1-14(6-7(15)2-3-12-4-7)18(16,17)13-5-8(9,10)11/h12-13,15H,2-6H2,1H3. The fourth-order valence-electron chi connectivity index (χ4n) is 1.65. The van der Waals surface area contributed by atoms with Gasteiger partial charge in [-0.2, -0.15) is 30.6 Å². The molecule has 1 unspecified atom stereocenters. The zero-order valence-corrected chi connectivity index (χ0v) is 10.6. The monoisotopic (exact) mass is 291 g/mol. The number of nitrogens with one attached hydrogen (secondary N) is 2. The summed E-state index contributed by atoms with van der Waals surface area (Å²) in [6, 6.07) is 0. The van der Waals surface area contributed by atoms with Crippen LogP contribution in [0, 0.1) is 0 Å². The van der Waals surface area contributed by atoms with E-state index in [9.17, 15) is 26.7 Å². The van der Waals surface area contributed by atoms with E-state index < -0.39 is 28.5 Å². The van der Waals surface area contributed by atoms with Crippen LogP contribution in [0.15, 0.2) is 0 Å². The summed E-state index contributed by atoms with van der Waals surface area (Å²) < 4.78 is 60.9. The molecule has 0 aromatic heterocycles. The third-order valence-electron chi connectivity index (χ3n) is 2.60. The number of alkyl halides is 3. The Bertz CT molecular complexity index is 379. The van der Waals surface area contributed by atoms with Crippen LogP contribution < -0.4 is 10.0 Å². The highest BCUT2D eigenvalue weighted by Crippen LogP contribution is 2.17. The van der Waals surface area contributed by atoms with Gasteiger partial charge in [0.05, 0.1) is 5.60 Å². The Kier molecular flexibility index (Phi) is 4.60. The molecule has 18 heavy (non-hydrogen) atoms. The first kappa shape index (κ1) is 15.6. The van der Waals surface area contributed by atoms with Crippen molar-refractivity contribution in [1.82, 2.24) is 14.3 Å². The van der Waals surface area contributed by atoms with Crippen LogP contribution in [0.4, 0.5) is 13.2 Å². The maximum absolute atomic E-state index is 11.9. The molecule has 1 rings (SSSR count). The molecule has 0 aliphatic carbocycles. The summed E-state index contributed by atoms with van der Waals surface area (Å²) in [6.45, 7) is -1.13. The van der Waals surface area contributed by atoms with Crippen molar-refractivity contribution in [3.63, 3.8) is 0 Å². The second-order valence-corrected chi connectivity index (χ2v) is 6.21. The zero-order chi connectivity index (χ0) is 14.0. The van der Waals surface area contributed by atoms with Crippen LogP contribution in [0.5, 0.6) is 0 Å². The minimum atomic E-state index is -4.61. The van der Waals surface area contributed by atoms with Crippen LogP contribution in [0.25, 0.3) is 0 Å². The number of β-amino-alcohol motifs (C(OH)–C–C–N with tert-alkyl or cyclic N) is 1. The molecule has 0 aromatic rings. The Morgan fingerprint density at radius 1 is 1.50 bits per heavy atom. The van der Waals surface area contributed by atoms with Gasteiger partial charge in [0.15, 0.2) is 0 Å². The van der Waals surface area contributed by atoms with Gasteiger partial charge in [-0.1, -0.05) is 0 Å². The first-order valence-corrected chi connectivity index (χ1v) is 6.69. The molecule has 1 atom stereocenters. The third-order valence-corrected chi connectivity index (χ3v) is 4.06. The lowest BCUT2D eigenvalue weighted by molar-refractivity contribution is -0.121. The second kappa shape index (κ2) is 5.29. The summed E-state index contributed by atoms with van der Waals surface area (Å²) >= 11 is 0. The maximum Gasteiger partial charge on any atom is 0.402 e. The van der Waals surface area contributed by atoms with Crippen LogP contribution in [0.1, 0.15) is 6.42 Å². The molecule has 6 nitrogen and oxygen atoms in total. The summed E-state index contributed by atoms with van der Waals surface area (Å²) in [5.41, 5.74) is -1.23. The summed E-state index contributed by atoms with van der Waals surface area (Å²) in [5, 5.41) is 12.8. The van der Waals surface area contributed by atoms with Crippen LogP contribution in [0.2, 0.25) is 0 Å². The van der Waals surface area contributed by atoms with Crippen molar-refractivity contribution in [1.29, 1.82) is 0 Å². The molecule has 0 bridgehead atoms. The van der Waals surface area contributed by atoms with Crippen molar-refractivity contribution in [2.75, 3.05) is 33.2 Å². The van der Waals surface area contributed by atoms with E-state index >= 15 is 0 Å².